The third-order valence-corrected chi connectivity index (χ3v) is 3.64. The summed E-state index contributed by atoms with van der Waals surface area (Å²) < 4.78 is 4.73. The van der Waals surface area contributed by atoms with Gasteiger partial charge < -0.3 is 40.5 Å². The van der Waals surface area contributed by atoms with Crippen molar-refractivity contribution in [2.45, 2.75) is 23.3 Å². The summed E-state index contributed by atoms with van der Waals surface area (Å²) in [6.45, 7) is -1.86. The van der Waals surface area contributed by atoms with Crippen LogP contribution >= 0.6 is 0 Å². The van der Waals surface area contributed by atoms with Gasteiger partial charge in [-0.05, 0) is 23.8 Å². The summed E-state index contributed by atoms with van der Waals surface area (Å²) in [5, 5.41) is 67.7. The molecule has 0 bridgehead atoms. The standard InChI is InChI=1S/C14H18O8/c15-7-13(19)14(20,21)11(17)12(18,8-22-13)6-5-9-1-3-10(16)4-2-9/h1-6,11,15-21H,7-8H2/b6-5+/t11-,12+,13-/m1/s1. The zero-order valence-electron chi connectivity index (χ0n) is 11.5. The van der Waals surface area contributed by atoms with E-state index in [4.69, 9.17) is 14.9 Å². The van der Waals surface area contributed by atoms with Gasteiger partial charge in [0.25, 0.3) is 5.79 Å². The highest BCUT2D eigenvalue weighted by atomic mass is 16.7. The minimum atomic E-state index is -3.28. The molecule has 1 aliphatic rings. The highest BCUT2D eigenvalue weighted by Crippen LogP contribution is 2.37. The molecule has 0 spiro atoms. The number of aromatic hydroxyl groups is 1. The van der Waals surface area contributed by atoms with Gasteiger partial charge in [0.2, 0.25) is 5.79 Å². The third-order valence-electron chi connectivity index (χ3n) is 3.64. The third kappa shape index (κ3) is 2.73. The topological polar surface area (TPSA) is 151 Å². The lowest BCUT2D eigenvalue weighted by atomic mass is 9.83. The second-order valence-electron chi connectivity index (χ2n) is 5.28. The molecule has 3 atom stereocenters. The molecule has 7 N–H and O–H groups in total. The van der Waals surface area contributed by atoms with E-state index in [0.717, 1.165) is 6.08 Å². The van der Waals surface area contributed by atoms with Crippen molar-refractivity contribution in [3.05, 3.63) is 35.9 Å². The number of aliphatic hydroxyl groups excluding tert-OH is 2. The molecule has 1 aliphatic heterocycles. The molecule has 22 heavy (non-hydrogen) atoms. The van der Waals surface area contributed by atoms with Crippen molar-refractivity contribution in [3.8, 4) is 5.75 Å². The van der Waals surface area contributed by atoms with E-state index in [1.165, 1.54) is 30.3 Å². The zero-order chi connectivity index (χ0) is 16.6. The molecule has 0 saturated carbocycles. The number of rotatable bonds is 3. The summed E-state index contributed by atoms with van der Waals surface area (Å²) in [5.74, 6) is -6.05. The van der Waals surface area contributed by atoms with Crippen LogP contribution in [0.2, 0.25) is 0 Å². The van der Waals surface area contributed by atoms with E-state index in [2.05, 4.69) is 0 Å². The van der Waals surface area contributed by atoms with E-state index < -0.39 is 36.5 Å². The highest BCUT2D eigenvalue weighted by Gasteiger charge is 2.64. The lowest BCUT2D eigenvalue weighted by molar-refractivity contribution is -0.446. The van der Waals surface area contributed by atoms with E-state index >= 15 is 0 Å². The Labute approximate surface area is 125 Å². The van der Waals surface area contributed by atoms with Crippen molar-refractivity contribution in [1.82, 2.24) is 0 Å². The Morgan fingerprint density at radius 2 is 1.73 bits per heavy atom. The number of benzene rings is 1. The molecule has 0 aliphatic carbocycles. The number of phenolic OH excluding ortho intramolecular Hbond substituents is 1. The number of ether oxygens (including phenoxy) is 1. The number of phenols is 1. The van der Waals surface area contributed by atoms with Gasteiger partial charge in [-0.3, -0.25) is 0 Å². The quantitative estimate of drug-likeness (QED) is 0.313. The molecule has 1 aromatic rings. The van der Waals surface area contributed by atoms with Crippen molar-refractivity contribution in [2.75, 3.05) is 13.2 Å². The monoisotopic (exact) mass is 314 g/mol. The van der Waals surface area contributed by atoms with E-state index in [9.17, 15) is 25.5 Å². The molecule has 1 saturated heterocycles. The second-order valence-corrected chi connectivity index (χ2v) is 5.28. The van der Waals surface area contributed by atoms with Gasteiger partial charge in [-0.25, -0.2) is 0 Å². The largest absolute Gasteiger partial charge is 0.508 e. The summed E-state index contributed by atoms with van der Waals surface area (Å²) in [7, 11) is 0. The molecule has 1 heterocycles. The normalized spacial score (nSPS) is 34.9. The second kappa shape index (κ2) is 5.60. The SMILES string of the molecule is OC[C@@]1(O)OC[C@@](O)(/C=C/c2ccc(O)cc2)[C@@H](O)C1(O)O. The summed E-state index contributed by atoms with van der Waals surface area (Å²) >= 11 is 0. The Kier molecular flexibility index (Phi) is 4.28. The maximum Gasteiger partial charge on any atom is 0.251 e. The van der Waals surface area contributed by atoms with E-state index in [1.54, 1.807) is 0 Å². The fraction of sp³-hybridized carbons (Fsp3) is 0.429. The zero-order valence-corrected chi connectivity index (χ0v) is 11.5. The number of hydrogen-bond acceptors (Lipinski definition) is 8. The predicted molar refractivity (Wildman–Crippen MR) is 73.3 cm³/mol. The summed E-state index contributed by atoms with van der Waals surface area (Å²) in [4.78, 5) is 0. The fourth-order valence-corrected chi connectivity index (χ4v) is 2.11. The van der Waals surface area contributed by atoms with Crippen LogP contribution in [0, 0.1) is 0 Å². The average molecular weight is 314 g/mol. The number of hydrogen-bond donors (Lipinski definition) is 7. The van der Waals surface area contributed by atoms with Crippen molar-refractivity contribution in [3.63, 3.8) is 0 Å². The first-order valence-corrected chi connectivity index (χ1v) is 6.45. The molecule has 0 aromatic heterocycles. The fourth-order valence-electron chi connectivity index (χ4n) is 2.11. The first kappa shape index (κ1) is 16.8. The van der Waals surface area contributed by atoms with Gasteiger partial charge in [-0.1, -0.05) is 18.2 Å². The molecule has 1 aromatic carbocycles. The Balaban J connectivity index is 2.25. The molecule has 0 unspecified atom stereocenters. The van der Waals surface area contributed by atoms with Gasteiger partial charge in [-0.15, -0.1) is 0 Å². The van der Waals surface area contributed by atoms with Crippen LogP contribution in [0.4, 0.5) is 0 Å². The maximum atomic E-state index is 10.3. The van der Waals surface area contributed by atoms with Crippen molar-refractivity contribution >= 4 is 6.08 Å². The average Bonchev–Trinajstić information content (AvgIpc) is 2.50. The van der Waals surface area contributed by atoms with Gasteiger partial charge >= 0.3 is 0 Å². The molecule has 8 heteroatoms. The van der Waals surface area contributed by atoms with Crippen molar-refractivity contribution in [2.24, 2.45) is 0 Å². The van der Waals surface area contributed by atoms with Gasteiger partial charge in [0.1, 0.15) is 24.1 Å². The van der Waals surface area contributed by atoms with Crippen LogP contribution in [-0.4, -0.2) is 72.2 Å². The smallest absolute Gasteiger partial charge is 0.251 e. The van der Waals surface area contributed by atoms with Gasteiger partial charge in [0.05, 0.1) is 6.61 Å². The van der Waals surface area contributed by atoms with Gasteiger partial charge in [-0.2, -0.15) is 0 Å². The van der Waals surface area contributed by atoms with Crippen molar-refractivity contribution in [1.29, 1.82) is 0 Å². The molecule has 122 valence electrons. The number of aliphatic hydroxyl groups is 6. The lowest BCUT2D eigenvalue weighted by Crippen LogP contribution is -2.75. The molecular weight excluding hydrogens is 296 g/mol. The van der Waals surface area contributed by atoms with Crippen LogP contribution < -0.4 is 0 Å². The minimum absolute atomic E-state index is 0.0506. The van der Waals surface area contributed by atoms with Crippen LogP contribution in [0.3, 0.4) is 0 Å². The molecule has 1 fully saturated rings. The molecular formula is C14H18O8. The maximum absolute atomic E-state index is 10.3. The summed E-state index contributed by atoms with van der Waals surface area (Å²) in [6, 6.07) is 5.87. The minimum Gasteiger partial charge on any atom is -0.508 e. The van der Waals surface area contributed by atoms with Crippen LogP contribution in [0.25, 0.3) is 6.08 Å². The van der Waals surface area contributed by atoms with Gasteiger partial charge in [0.15, 0.2) is 0 Å². The van der Waals surface area contributed by atoms with Crippen molar-refractivity contribution < 1.29 is 40.5 Å². The first-order chi connectivity index (χ1) is 10.1. The molecule has 2 rings (SSSR count). The predicted octanol–water partition coefficient (Wildman–Crippen LogP) is -2.11. The Bertz CT molecular complexity index is 554. The van der Waals surface area contributed by atoms with E-state index in [1.807, 2.05) is 0 Å². The Morgan fingerprint density at radius 1 is 1.14 bits per heavy atom. The molecule has 0 amide bonds. The van der Waals surface area contributed by atoms with E-state index in [0.29, 0.717) is 5.56 Å². The summed E-state index contributed by atoms with van der Waals surface area (Å²) in [6.07, 6.45) is 0.201. The van der Waals surface area contributed by atoms with Crippen LogP contribution in [0.15, 0.2) is 30.3 Å². The molecule has 8 nitrogen and oxygen atoms in total. The Hall–Kier alpha value is -1.52. The van der Waals surface area contributed by atoms with Crippen LogP contribution in [-0.2, 0) is 4.74 Å². The Morgan fingerprint density at radius 3 is 2.27 bits per heavy atom. The first-order valence-electron chi connectivity index (χ1n) is 6.45. The van der Waals surface area contributed by atoms with Crippen LogP contribution in [0.1, 0.15) is 5.56 Å². The van der Waals surface area contributed by atoms with E-state index in [-0.39, 0.29) is 5.75 Å². The molecule has 0 radical (unpaired) electrons. The lowest BCUT2D eigenvalue weighted by Gasteiger charge is -2.50. The van der Waals surface area contributed by atoms with Gasteiger partial charge in [0, 0.05) is 0 Å². The van der Waals surface area contributed by atoms with Crippen LogP contribution in [0.5, 0.6) is 5.75 Å². The summed E-state index contributed by atoms with van der Waals surface area (Å²) in [5.41, 5.74) is -1.65. The highest BCUT2D eigenvalue weighted by molar-refractivity contribution is 5.52.